The van der Waals surface area contributed by atoms with E-state index in [1.54, 1.807) is 42.6 Å². The summed E-state index contributed by atoms with van der Waals surface area (Å²) in [7, 11) is 1.81. The summed E-state index contributed by atoms with van der Waals surface area (Å²) in [6.45, 7) is 2.19. The Hall–Kier alpha value is -4.57. The minimum absolute atomic E-state index is 0.0542. The molecule has 0 aliphatic heterocycles. The van der Waals surface area contributed by atoms with Crippen molar-refractivity contribution in [3.63, 3.8) is 0 Å². The van der Waals surface area contributed by atoms with Gasteiger partial charge in [0.1, 0.15) is 21.8 Å². The minimum atomic E-state index is -4.65. The first kappa shape index (κ1) is 30.0. The lowest BCUT2D eigenvalue weighted by Gasteiger charge is -2.19. The lowest BCUT2D eigenvalue weighted by atomic mass is 10.2. The molecule has 3 rings (SSSR count). The summed E-state index contributed by atoms with van der Waals surface area (Å²) in [4.78, 5) is 39.5. The van der Waals surface area contributed by atoms with Crippen LogP contribution >= 0.6 is 11.3 Å². The molecule has 0 aliphatic rings. The lowest BCUT2D eigenvalue weighted by molar-refractivity contribution is -0.135. The summed E-state index contributed by atoms with van der Waals surface area (Å²) in [6.07, 6.45) is -3.28. The molecule has 0 unspecified atom stereocenters. The monoisotopic (exact) mass is 572 g/mol. The van der Waals surface area contributed by atoms with Crippen LogP contribution in [0.1, 0.15) is 12.5 Å². The van der Waals surface area contributed by atoms with Crippen LogP contribution in [0.25, 0.3) is 11.8 Å². The number of carbonyl (C=O) groups excluding carboxylic acids is 2. The van der Waals surface area contributed by atoms with E-state index in [1.165, 1.54) is 6.20 Å². The van der Waals surface area contributed by atoms with Crippen LogP contribution in [0, 0.1) is 18.3 Å². The molecule has 0 fully saturated rings. The number of nitrogens with zero attached hydrogens (tertiary/aromatic N) is 3. The van der Waals surface area contributed by atoms with E-state index < -0.39 is 29.8 Å². The first-order chi connectivity index (χ1) is 18.9. The molecule has 40 heavy (non-hydrogen) atoms. The van der Waals surface area contributed by atoms with Crippen molar-refractivity contribution < 1.29 is 22.8 Å². The van der Waals surface area contributed by atoms with Crippen molar-refractivity contribution in [2.24, 2.45) is 0 Å². The normalized spacial score (nSPS) is 12.4. The van der Waals surface area contributed by atoms with E-state index in [2.05, 4.69) is 10.6 Å². The number of thiazole rings is 1. The SMILES string of the molecule is CCn1c(=O)/c(=C\Nc2cccc(NC(=O)CN(C)c3cccc(C)c3)c2)s/c1=C(/C#N)C(=O)NCC(F)(F)F. The fourth-order valence-electron chi connectivity index (χ4n) is 3.67. The van der Waals surface area contributed by atoms with Crippen molar-refractivity contribution in [2.45, 2.75) is 26.6 Å². The Morgan fingerprint density at radius 1 is 1.15 bits per heavy atom. The number of alkyl halides is 3. The van der Waals surface area contributed by atoms with Gasteiger partial charge in [-0.25, -0.2) is 0 Å². The zero-order chi connectivity index (χ0) is 29.4. The number of amides is 2. The maximum Gasteiger partial charge on any atom is 0.405 e. The van der Waals surface area contributed by atoms with E-state index in [0.29, 0.717) is 11.4 Å². The Morgan fingerprint density at radius 2 is 1.85 bits per heavy atom. The van der Waals surface area contributed by atoms with Gasteiger partial charge < -0.3 is 20.9 Å². The smallest absolute Gasteiger partial charge is 0.365 e. The maximum absolute atomic E-state index is 12.9. The van der Waals surface area contributed by atoms with Crippen LogP contribution < -0.4 is 35.6 Å². The van der Waals surface area contributed by atoms with Gasteiger partial charge in [-0.3, -0.25) is 19.0 Å². The number of nitriles is 1. The molecule has 0 radical (unpaired) electrons. The van der Waals surface area contributed by atoms with E-state index in [9.17, 15) is 32.8 Å². The standard InChI is InChI=1S/C27H27F3N6O3S/c1-4-36-25(39)22(40-26(36)21(13-31)24(38)33-16-27(28,29)30)14-32-18-8-6-9-19(12-18)34-23(37)15-35(3)20-10-5-7-17(2)11-20/h5-12,14,32H,4,15-16H2,1-3H3,(H,33,38)(H,34,37)/b22-14+,26-21-. The van der Waals surface area contributed by atoms with E-state index >= 15 is 0 Å². The fourth-order valence-corrected chi connectivity index (χ4v) is 4.75. The average molecular weight is 573 g/mol. The third-order valence-electron chi connectivity index (χ3n) is 5.57. The van der Waals surface area contributed by atoms with E-state index in [-0.39, 0.29) is 28.2 Å². The Kier molecular flexibility index (Phi) is 9.73. The molecule has 3 N–H and O–H groups in total. The summed E-state index contributed by atoms with van der Waals surface area (Å²) in [6, 6.07) is 16.1. The lowest BCUT2D eigenvalue weighted by Crippen LogP contribution is -2.37. The number of halogens is 3. The predicted molar refractivity (Wildman–Crippen MR) is 149 cm³/mol. The Morgan fingerprint density at radius 3 is 2.50 bits per heavy atom. The van der Waals surface area contributed by atoms with Crippen LogP contribution in [-0.2, 0) is 16.1 Å². The third-order valence-corrected chi connectivity index (χ3v) is 6.70. The molecule has 0 aliphatic carbocycles. The van der Waals surface area contributed by atoms with Crippen LogP contribution in [0.4, 0.5) is 30.2 Å². The quantitative estimate of drug-likeness (QED) is 0.363. The molecule has 13 heteroatoms. The molecule has 1 heterocycles. The number of hydrogen-bond donors (Lipinski definition) is 3. The summed E-state index contributed by atoms with van der Waals surface area (Å²) in [5.41, 5.74) is 1.93. The van der Waals surface area contributed by atoms with Gasteiger partial charge in [0.2, 0.25) is 5.91 Å². The first-order valence-electron chi connectivity index (χ1n) is 12.0. The molecule has 1 aromatic heterocycles. The number of hydrogen-bond acceptors (Lipinski definition) is 7. The zero-order valence-electron chi connectivity index (χ0n) is 21.9. The van der Waals surface area contributed by atoms with Crippen LogP contribution in [-0.4, -0.2) is 42.7 Å². The van der Waals surface area contributed by atoms with Crippen molar-refractivity contribution >= 4 is 52.0 Å². The zero-order valence-corrected chi connectivity index (χ0v) is 22.7. The van der Waals surface area contributed by atoms with Gasteiger partial charge in [-0.2, -0.15) is 18.4 Å². The molecule has 0 atom stereocenters. The van der Waals surface area contributed by atoms with Gasteiger partial charge in [0.05, 0.1) is 6.54 Å². The average Bonchev–Trinajstić information content (AvgIpc) is 3.21. The van der Waals surface area contributed by atoms with Crippen molar-refractivity contribution in [3.8, 4) is 6.07 Å². The molecule has 0 bridgehead atoms. The van der Waals surface area contributed by atoms with Gasteiger partial charge in [-0.15, -0.1) is 11.3 Å². The second-order valence-corrected chi connectivity index (χ2v) is 9.75. The molecular formula is C27H27F3N6O3S. The molecule has 210 valence electrons. The topological polar surface area (TPSA) is 119 Å². The van der Waals surface area contributed by atoms with Crippen molar-refractivity contribution in [2.75, 3.05) is 35.7 Å². The number of benzene rings is 2. The second-order valence-electron chi connectivity index (χ2n) is 8.72. The number of rotatable bonds is 9. The minimum Gasteiger partial charge on any atom is -0.365 e. The molecule has 2 amide bonds. The summed E-state index contributed by atoms with van der Waals surface area (Å²) in [5, 5.41) is 16.9. The highest BCUT2D eigenvalue weighted by Crippen LogP contribution is 2.17. The maximum atomic E-state index is 12.9. The number of aromatic nitrogens is 1. The second kappa shape index (κ2) is 13.0. The molecule has 2 aromatic carbocycles. The molecule has 9 nitrogen and oxygen atoms in total. The van der Waals surface area contributed by atoms with Crippen LogP contribution in [0.2, 0.25) is 0 Å². The number of anilines is 3. The van der Waals surface area contributed by atoms with Crippen molar-refractivity contribution in [1.82, 2.24) is 9.88 Å². The Bertz CT molecular complexity index is 1620. The van der Waals surface area contributed by atoms with Crippen LogP contribution in [0.5, 0.6) is 0 Å². The van der Waals surface area contributed by atoms with Gasteiger partial charge in [-0.1, -0.05) is 18.2 Å². The summed E-state index contributed by atoms with van der Waals surface area (Å²) < 4.78 is 38.7. The van der Waals surface area contributed by atoms with E-state index in [0.717, 1.165) is 27.2 Å². The Labute approximate surface area is 231 Å². The highest BCUT2D eigenvalue weighted by Gasteiger charge is 2.28. The van der Waals surface area contributed by atoms with Crippen LogP contribution in [0.15, 0.2) is 53.3 Å². The summed E-state index contributed by atoms with van der Waals surface area (Å²) in [5.74, 6) is -1.46. The van der Waals surface area contributed by atoms with Crippen LogP contribution in [0.3, 0.4) is 0 Å². The number of likely N-dealkylation sites (N-methyl/N-ethyl adjacent to an activating group) is 1. The highest BCUT2D eigenvalue weighted by molar-refractivity contribution is 7.07. The molecule has 3 aromatic rings. The molecule has 0 saturated heterocycles. The first-order valence-corrected chi connectivity index (χ1v) is 12.9. The summed E-state index contributed by atoms with van der Waals surface area (Å²) >= 11 is 0.800. The Balaban J connectivity index is 1.79. The molecule has 0 saturated carbocycles. The van der Waals surface area contributed by atoms with Gasteiger partial charge in [-0.05, 0) is 49.7 Å². The van der Waals surface area contributed by atoms with Crippen molar-refractivity contribution in [1.29, 1.82) is 5.26 Å². The largest absolute Gasteiger partial charge is 0.405 e. The van der Waals surface area contributed by atoms with Gasteiger partial charge in [0, 0.05) is 36.9 Å². The number of carbonyl (C=O) groups is 2. The van der Waals surface area contributed by atoms with E-state index in [4.69, 9.17) is 0 Å². The van der Waals surface area contributed by atoms with Gasteiger partial charge >= 0.3 is 6.18 Å². The number of nitrogens with one attached hydrogen (secondary N) is 3. The van der Waals surface area contributed by atoms with Gasteiger partial charge in [0.25, 0.3) is 11.5 Å². The third kappa shape index (κ3) is 7.97. The fraction of sp³-hybridized carbons (Fsp3) is 0.259. The predicted octanol–water partition coefficient (Wildman–Crippen LogP) is 2.52. The highest BCUT2D eigenvalue weighted by atomic mass is 32.1. The number of aryl methyl sites for hydroxylation is 1. The van der Waals surface area contributed by atoms with Gasteiger partial charge in [0.15, 0.2) is 5.57 Å². The van der Waals surface area contributed by atoms with Crippen molar-refractivity contribution in [3.05, 3.63) is 73.6 Å². The molecule has 0 spiro atoms. The van der Waals surface area contributed by atoms with E-state index in [1.807, 2.05) is 43.1 Å². The molecular weight excluding hydrogens is 545 g/mol.